The molecule has 1 fully saturated rings. The number of carboxylic acids is 1. The normalized spacial score (nSPS) is 17.0. The molecule has 0 radical (unpaired) electrons. The quantitative estimate of drug-likeness (QED) is 0.429. The van der Waals surface area contributed by atoms with E-state index in [1.165, 1.54) is 12.1 Å². The minimum absolute atomic E-state index is 0.0587. The lowest BCUT2D eigenvalue weighted by Crippen LogP contribution is -2.34. The highest BCUT2D eigenvalue weighted by atomic mass is 35.5. The predicted octanol–water partition coefficient (Wildman–Crippen LogP) is 6.93. The largest absolute Gasteiger partial charge is 0.481 e. The Morgan fingerprint density at radius 2 is 1.73 bits per heavy atom. The molecule has 1 unspecified atom stereocenters. The summed E-state index contributed by atoms with van der Waals surface area (Å²) >= 11 is 6.27. The Morgan fingerprint density at radius 1 is 1.12 bits per heavy atom. The zero-order valence-corrected chi connectivity index (χ0v) is 19.2. The molecule has 0 aliphatic heterocycles. The first-order valence-electron chi connectivity index (χ1n) is 10.9. The second-order valence-corrected chi connectivity index (χ2v) is 9.25. The van der Waals surface area contributed by atoms with Gasteiger partial charge in [-0.2, -0.15) is 13.2 Å². The number of aryl methyl sites for hydroxylation is 1. The first-order valence-corrected chi connectivity index (χ1v) is 11.3. The molecule has 4 nitrogen and oxygen atoms in total. The molecule has 1 saturated carbocycles. The van der Waals surface area contributed by atoms with Gasteiger partial charge in [-0.3, -0.25) is 9.59 Å². The number of aliphatic carboxylic acids is 1. The maximum atomic E-state index is 13.6. The maximum Gasteiger partial charge on any atom is 0.392 e. The van der Waals surface area contributed by atoms with Crippen LogP contribution in [0.3, 0.4) is 0 Å². The minimum atomic E-state index is -4.57. The molecule has 3 atom stereocenters. The first-order chi connectivity index (χ1) is 15.5. The van der Waals surface area contributed by atoms with Crippen LogP contribution >= 0.6 is 11.6 Å². The number of carbonyl (C=O) groups excluding carboxylic acids is 1. The number of anilines is 1. The van der Waals surface area contributed by atoms with Crippen LogP contribution in [0.15, 0.2) is 42.5 Å². The molecule has 1 aliphatic rings. The molecule has 178 valence electrons. The number of nitrogens with one attached hydrogen (secondary N) is 1. The molecule has 0 aromatic heterocycles. The number of carbonyl (C=O) groups is 2. The van der Waals surface area contributed by atoms with E-state index in [4.69, 9.17) is 11.6 Å². The highest BCUT2D eigenvalue weighted by Gasteiger charge is 2.45. The van der Waals surface area contributed by atoms with Gasteiger partial charge >= 0.3 is 12.1 Å². The van der Waals surface area contributed by atoms with Gasteiger partial charge < -0.3 is 10.4 Å². The van der Waals surface area contributed by atoms with Gasteiger partial charge in [-0.1, -0.05) is 60.8 Å². The van der Waals surface area contributed by atoms with Crippen LogP contribution in [-0.4, -0.2) is 23.2 Å². The van der Waals surface area contributed by atoms with Gasteiger partial charge in [-0.15, -0.1) is 0 Å². The number of alkyl halides is 3. The molecule has 0 bridgehead atoms. The Hall–Kier alpha value is -2.54. The molecule has 0 saturated heterocycles. The molecule has 0 spiro atoms. The van der Waals surface area contributed by atoms with Gasteiger partial charge in [-0.05, 0) is 54.9 Å². The molecule has 1 aliphatic carbocycles. The summed E-state index contributed by atoms with van der Waals surface area (Å²) in [7, 11) is 0. The van der Waals surface area contributed by atoms with Crippen LogP contribution in [0.4, 0.5) is 18.9 Å². The van der Waals surface area contributed by atoms with Crippen LogP contribution in [0.2, 0.25) is 5.02 Å². The summed E-state index contributed by atoms with van der Waals surface area (Å²) in [5, 5.41) is 12.1. The van der Waals surface area contributed by atoms with Gasteiger partial charge in [-0.25, -0.2) is 0 Å². The fourth-order valence-corrected chi connectivity index (χ4v) is 4.46. The average molecular weight is 482 g/mol. The Labute approximate surface area is 196 Å². The predicted molar refractivity (Wildman–Crippen MR) is 122 cm³/mol. The molecule has 2 aromatic rings. The van der Waals surface area contributed by atoms with E-state index in [1.54, 1.807) is 30.3 Å². The summed E-state index contributed by atoms with van der Waals surface area (Å²) in [6, 6.07) is 11.3. The van der Waals surface area contributed by atoms with E-state index in [0.717, 1.165) is 31.7 Å². The van der Waals surface area contributed by atoms with Crippen LogP contribution in [0.5, 0.6) is 0 Å². The van der Waals surface area contributed by atoms with Crippen LogP contribution in [-0.2, 0) is 9.59 Å². The van der Waals surface area contributed by atoms with E-state index < -0.39 is 29.9 Å². The SMILES string of the molecule is Cc1ccc([C@@H](C(=O)Nc2cc(C(CC(=O)O)C3CCC3)ccc2Cl)[C@@H](C)C(F)(F)F)cc1. The molecule has 2 N–H and O–H groups in total. The van der Waals surface area contributed by atoms with Crippen molar-refractivity contribution in [1.29, 1.82) is 0 Å². The molecular formula is C25H27ClF3NO3. The molecule has 33 heavy (non-hydrogen) atoms. The third kappa shape index (κ3) is 6.08. The minimum Gasteiger partial charge on any atom is -0.481 e. The lowest BCUT2D eigenvalue weighted by atomic mass is 9.71. The molecule has 2 aromatic carbocycles. The summed E-state index contributed by atoms with van der Waals surface area (Å²) in [5.41, 5.74) is 2.01. The number of hydrogen-bond acceptors (Lipinski definition) is 2. The molecule has 1 amide bonds. The van der Waals surface area contributed by atoms with Crippen LogP contribution in [0, 0.1) is 18.8 Å². The maximum absolute atomic E-state index is 13.6. The number of halogens is 4. The highest BCUT2D eigenvalue weighted by Crippen LogP contribution is 2.43. The molecule has 3 rings (SSSR count). The van der Waals surface area contributed by atoms with Crippen molar-refractivity contribution in [3.8, 4) is 0 Å². The van der Waals surface area contributed by atoms with Gasteiger partial charge in [0.15, 0.2) is 0 Å². The lowest BCUT2D eigenvalue weighted by Gasteiger charge is -2.33. The lowest BCUT2D eigenvalue weighted by molar-refractivity contribution is -0.178. The second kappa shape index (κ2) is 10.2. The third-order valence-corrected chi connectivity index (χ3v) is 6.85. The van der Waals surface area contributed by atoms with Crippen molar-refractivity contribution >= 4 is 29.2 Å². The van der Waals surface area contributed by atoms with Gasteiger partial charge in [0.05, 0.1) is 29.0 Å². The fraction of sp³-hybridized carbons (Fsp3) is 0.440. The van der Waals surface area contributed by atoms with Crippen molar-refractivity contribution in [1.82, 2.24) is 0 Å². The van der Waals surface area contributed by atoms with Crippen molar-refractivity contribution in [3.05, 3.63) is 64.2 Å². The number of benzene rings is 2. The van der Waals surface area contributed by atoms with Crippen LogP contribution in [0.1, 0.15) is 61.1 Å². The zero-order chi connectivity index (χ0) is 24.3. The van der Waals surface area contributed by atoms with Gasteiger partial charge in [0.2, 0.25) is 5.91 Å². The Kier molecular flexibility index (Phi) is 7.73. The van der Waals surface area contributed by atoms with E-state index in [2.05, 4.69) is 5.32 Å². The summed E-state index contributed by atoms with van der Waals surface area (Å²) in [6.07, 6.45) is -1.76. The van der Waals surface area contributed by atoms with E-state index in [-0.39, 0.29) is 34.5 Å². The number of rotatable bonds is 8. The Morgan fingerprint density at radius 3 is 2.24 bits per heavy atom. The first kappa shape index (κ1) is 25.1. The third-order valence-electron chi connectivity index (χ3n) is 6.53. The number of hydrogen-bond donors (Lipinski definition) is 2. The summed E-state index contributed by atoms with van der Waals surface area (Å²) in [6.45, 7) is 2.80. The average Bonchev–Trinajstić information content (AvgIpc) is 2.68. The van der Waals surface area contributed by atoms with Gasteiger partial charge in [0, 0.05) is 0 Å². The van der Waals surface area contributed by atoms with Gasteiger partial charge in [0.1, 0.15) is 0 Å². The molecular weight excluding hydrogens is 455 g/mol. The number of carboxylic acid groups (broad SMARTS) is 1. The smallest absolute Gasteiger partial charge is 0.392 e. The summed E-state index contributed by atoms with van der Waals surface area (Å²) in [4.78, 5) is 24.5. The molecule has 0 heterocycles. The topological polar surface area (TPSA) is 66.4 Å². The molecule has 8 heteroatoms. The van der Waals surface area contributed by atoms with Crippen molar-refractivity contribution in [3.63, 3.8) is 0 Å². The standard InChI is InChI=1S/C25H27ClF3NO3/c1-14-6-8-17(9-7-14)23(15(2)25(27,28)29)24(33)30-21-12-18(10-11-20(21)26)19(13-22(31)32)16-4-3-5-16/h6-12,15-16,19,23H,3-5,13H2,1-2H3,(H,30,33)(H,31,32)/t15-,19?,23+/m1/s1. The van der Waals surface area contributed by atoms with E-state index in [1.807, 2.05) is 6.92 Å². The van der Waals surface area contributed by atoms with Crippen LogP contribution in [0.25, 0.3) is 0 Å². The second-order valence-electron chi connectivity index (χ2n) is 8.84. The Balaban J connectivity index is 1.92. The monoisotopic (exact) mass is 481 g/mol. The van der Waals surface area contributed by atoms with Crippen molar-refractivity contribution in [2.75, 3.05) is 5.32 Å². The fourth-order valence-electron chi connectivity index (χ4n) is 4.30. The van der Waals surface area contributed by atoms with E-state index in [9.17, 15) is 27.9 Å². The van der Waals surface area contributed by atoms with Crippen molar-refractivity contribution in [2.24, 2.45) is 11.8 Å². The van der Waals surface area contributed by atoms with E-state index >= 15 is 0 Å². The highest BCUT2D eigenvalue weighted by molar-refractivity contribution is 6.33. The van der Waals surface area contributed by atoms with E-state index in [0.29, 0.717) is 5.56 Å². The van der Waals surface area contributed by atoms with Crippen LogP contribution < -0.4 is 5.32 Å². The van der Waals surface area contributed by atoms with Crippen molar-refractivity contribution < 1.29 is 27.9 Å². The zero-order valence-electron chi connectivity index (χ0n) is 18.5. The van der Waals surface area contributed by atoms with Crippen molar-refractivity contribution in [2.45, 2.75) is 57.5 Å². The number of amides is 1. The summed E-state index contributed by atoms with van der Waals surface area (Å²) in [5.74, 6) is -5.15. The summed E-state index contributed by atoms with van der Waals surface area (Å²) < 4.78 is 40.8. The van der Waals surface area contributed by atoms with Gasteiger partial charge in [0.25, 0.3) is 0 Å². The Bertz CT molecular complexity index is 1000.